The third-order valence-electron chi connectivity index (χ3n) is 8.75. The molecule has 3 N–H and O–H groups in total. The molecule has 7 nitrogen and oxygen atoms in total. The van der Waals surface area contributed by atoms with Gasteiger partial charge in [-0.05, 0) is 55.5 Å². The Labute approximate surface area is 238 Å². The van der Waals surface area contributed by atoms with E-state index >= 15 is 0 Å². The summed E-state index contributed by atoms with van der Waals surface area (Å²) in [4.78, 5) is 44.1. The van der Waals surface area contributed by atoms with E-state index < -0.39 is 28.7 Å². The van der Waals surface area contributed by atoms with E-state index in [1.165, 1.54) is 0 Å². The summed E-state index contributed by atoms with van der Waals surface area (Å²) in [5.41, 5.74) is 4.03. The van der Waals surface area contributed by atoms with Crippen LogP contribution < -0.4 is 10.6 Å². The first-order valence-electron chi connectivity index (χ1n) is 13.7. The van der Waals surface area contributed by atoms with Crippen molar-refractivity contribution >= 4 is 40.9 Å². The lowest BCUT2D eigenvalue weighted by Crippen LogP contribution is -2.52. The lowest BCUT2D eigenvalue weighted by molar-refractivity contribution is -0.141. The smallest absolute Gasteiger partial charge is 0.248 e. The monoisotopic (exact) mass is 555 g/mol. The molecule has 0 aromatic heterocycles. The van der Waals surface area contributed by atoms with Crippen LogP contribution in [0.1, 0.15) is 35.6 Å². The summed E-state index contributed by atoms with van der Waals surface area (Å²) in [6, 6.07) is 22.9. The van der Waals surface area contributed by atoms with Crippen LogP contribution in [0.25, 0.3) is 0 Å². The zero-order valence-corrected chi connectivity index (χ0v) is 23.4. The number of hydrogen-bond donors (Lipinski definition) is 3. The number of rotatable bonds is 7. The molecule has 0 radical (unpaired) electrons. The van der Waals surface area contributed by atoms with Crippen LogP contribution in [0.2, 0.25) is 0 Å². The molecule has 0 aliphatic carbocycles. The number of aryl methyl sites for hydroxylation is 2. The molecule has 3 aromatic rings. The number of para-hydroxylation sites is 2. The largest absolute Gasteiger partial charge is 0.394 e. The molecular weight excluding hydrogens is 522 g/mol. The van der Waals surface area contributed by atoms with Crippen LogP contribution in [0.5, 0.6) is 0 Å². The van der Waals surface area contributed by atoms with Gasteiger partial charge >= 0.3 is 0 Å². The summed E-state index contributed by atoms with van der Waals surface area (Å²) in [7, 11) is 0. The van der Waals surface area contributed by atoms with Crippen molar-refractivity contribution in [2.24, 2.45) is 11.8 Å². The van der Waals surface area contributed by atoms with E-state index in [4.69, 9.17) is 0 Å². The topological polar surface area (TPSA) is 98.7 Å². The summed E-state index contributed by atoms with van der Waals surface area (Å²) in [6.45, 7) is 3.56. The summed E-state index contributed by atoms with van der Waals surface area (Å²) in [6.07, 6.45) is 1.40. The number of hydrogen-bond acceptors (Lipinski definition) is 5. The third-order valence-corrected chi connectivity index (χ3v) is 10.7. The maximum Gasteiger partial charge on any atom is 0.248 e. The van der Waals surface area contributed by atoms with Gasteiger partial charge in [0.25, 0.3) is 0 Å². The average Bonchev–Trinajstić information content (AvgIpc) is 3.60. The van der Waals surface area contributed by atoms with Gasteiger partial charge in [-0.3, -0.25) is 14.4 Å². The minimum absolute atomic E-state index is 0.0559. The normalized spacial score (nSPS) is 27.4. The molecule has 3 heterocycles. The van der Waals surface area contributed by atoms with Crippen LogP contribution in [0, 0.1) is 25.7 Å². The van der Waals surface area contributed by atoms with Gasteiger partial charge < -0.3 is 20.6 Å². The first kappa shape index (κ1) is 26.6. The summed E-state index contributed by atoms with van der Waals surface area (Å²) in [5, 5.41) is 16.7. The Balaban J connectivity index is 1.42. The Kier molecular flexibility index (Phi) is 6.92. The van der Waals surface area contributed by atoms with E-state index in [2.05, 4.69) is 10.6 Å². The van der Waals surface area contributed by atoms with Gasteiger partial charge in [0, 0.05) is 16.6 Å². The van der Waals surface area contributed by atoms with Crippen LogP contribution in [0.15, 0.2) is 78.9 Å². The maximum atomic E-state index is 14.5. The maximum absolute atomic E-state index is 14.5. The summed E-state index contributed by atoms with van der Waals surface area (Å²) >= 11 is 1.62. The Hall–Kier alpha value is -3.62. The van der Waals surface area contributed by atoms with Crippen molar-refractivity contribution in [1.29, 1.82) is 0 Å². The molecule has 206 valence electrons. The predicted octanol–water partition coefficient (Wildman–Crippen LogP) is 4.71. The summed E-state index contributed by atoms with van der Waals surface area (Å²) < 4.78 is -0.761. The number of carbonyl (C=O) groups excluding carboxylic acids is 3. The minimum atomic E-state index is -0.842. The Bertz CT molecular complexity index is 1430. The number of aliphatic hydroxyl groups is 1. The standard InChI is InChI=1S/C32H33N3O4S/c1-19-10-9-11-20(2)27(19)34-30(38)28-32-17-16-24(40-32)25(29(37)33-22-14-7-4-8-15-22)26(32)31(39)35(28)23(18-36)21-12-5-3-6-13-21/h3-15,23-26,28,36H,16-18H2,1-2H3,(H,33,37)(H,34,38)/t23-,24+,25-,26+,28?,32?/m1/s1. The van der Waals surface area contributed by atoms with Gasteiger partial charge in [0.2, 0.25) is 17.7 Å². The van der Waals surface area contributed by atoms with Gasteiger partial charge in [0.1, 0.15) is 6.04 Å². The van der Waals surface area contributed by atoms with E-state index in [9.17, 15) is 19.5 Å². The molecule has 6 atom stereocenters. The molecule has 3 saturated heterocycles. The molecular formula is C32H33N3O4S. The Morgan fingerprint density at radius 3 is 2.25 bits per heavy atom. The van der Waals surface area contributed by atoms with Gasteiger partial charge in [0.15, 0.2) is 0 Å². The second kappa shape index (κ2) is 10.4. The van der Waals surface area contributed by atoms with Crippen LogP contribution in [0.3, 0.4) is 0 Å². The van der Waals surface area contributed by atoms with Crippen LogP contribution in [0.4, 0.5) is 11.4 Å². The predicted molar refractivity (Wildman–Crippen MR) is 157 cm³/mol. The molecule has 8 heteroatoms. The average molecular weight is 556 g/mol. The van der Waals surface area contributed by atoms with Crippen molar-refractivity contribution in [2.75, 3.05) is 17.2 Å². The number of thioether (sulfide) groups is 1. The molecule has 40 heavy (non-hydrogen) atoms. The first-order valence-corrected chi connectivity index (χ1v) is 14.6. The van der Waals surface area contributed by atoms with E-state index in [1.54, 1.807) is 16.7 Å². The minimum Gasteiger partial charge on any atom is -0.394 e. The van der Waals surface area contributed by atoms with E-state index in [-0.39, 0.29) is 29.6 Å². The molecule has 2 unspecified atom stereocenters. The highest BCUT2D eigenvalue weighted by atomic mass is 32.2. The second-order valence-electron chi connectivity index (χ2n) is 11.0. The quantitative estimate of drug-likeness (QED) is 0.392. The van der Waals surface area contributed by atoms with Gasteiger partial charge in [-0.1, -0.05) is 66.7 Å². The third kappa shape index (κ3) is 4.21. The number of nitrogens with one attached hydrogen (secondary N) is 2. The molecule has 3 aliphatic rings. The molecule has 6 rings (SSSR count). The number of carbonyl (C=O) groups is 3. The molecule has 3 aliphatic heterocycles. The van der Waals surface area contributed by atoms with Gasteiger partial charge in [-0.15, -0.1) is 11.8 Å². The van der Waals surface area contributed by atoms with E-state index in [0.717, 1.165) is 28.8 Å². The Morgan fingerprint density at radius 1 is 0.950 bits per heavy atom. The second-order valence-corrected chi connectivity index (χ2v) is 12.6. The van der Waals surface area contributed by atoms with E-state index in [1.807, 2.05) is 92.7 Å². The number of benzene rings is 3. The van der Waals surface area contributed by atoms with Crippen LogP contribution in [-0.2, 0) is 14.4 Å². The highest BCUT2D eigenvalue weighted by Crippen LogP contribution is 2.67. The SMILES string of the molecule is Cc1cccc(C)c1NC(=O)C1N([C@H](CO)c2ccccc2)C(=O)[C@@H]2[C@H](C(=O)Nc3ccccc3)[C@@H]3CCC12S3. The van der Waals surface area contributed by atoms with Crippen molar-refractivity contribution in [3.63, 3.8) is 0 Å². The van der Waals surface area contributed by atoms with Gasteiger partial charge in [0.05, 0.1) is 29.2 Å². The molecule has 3 amide bonds. The first-order chi connectivity index (χ1) is 19.4. The number of nitrogens with zero attached hydrogens (tertiary/aromatic N) is 1. The fourth-order valence-corrected chi connectivity index (χ4v) is 9.21. The molecule has 0 saturated carbocycles. The van der Waals surface area contributed by atoms with Crippen molar-refractivity contribution < 1.29 is 19.5 Å². The number of fused-ring (bicyclic) bond motifs is 1. The van der Waals surface area contributed by atoms with Crippen LogP contribution >= 0.6 is 11.8 Å². The number of anilines is 2. The number of amides is 3. The molecule has 1 spiro atoms. The fourth-order valence-electron chi connectivity index (χ4n) is 7.01. The van der Waals surface area contributed by atoms with Crippen molar-refractivity contribution in [1.82, 2.24) is 4.90 Å². The lowest BCUT2D eigenvalue weighted by Gasteiger charge is -2.37. The lowest BCUT2D eigenvalue weighted by atomic mass is 9.70. The van der Waals surface area contributed by atoms with Crippen molar-refractivity contribution in [3.05, 3.63) is 95.6 Å². The highest BCUT2D eigenvalue weighted by molar-refractivity contribution is 8.02. The highest BCUT2D eigenvalue weighted by Gasteiger charge is 2.74. The Morgan fingerprint density at radius 2 is 1.60 bits per heavy atom. The zero-order valence-electron chi connectivity index (χ0n) is 22.5. The van der Waals surface area contributed by atoms with E-state index in [0.29, 0.717) is 12.1 Å². The fraction of sp³-hybridized carbons (Fsp3) is 0.344. The van der Waals surface area contributed by atoms with Gasteiger partial charge in [-0.25, -0.2) is 0 Å². The number of likely N-dealkylation sites (tertiary alicyclic amines) is 1. The molecule has 3 fully saturated rings. The van der Waals surface area contributed by atoms with Crippen molar-refractivity contribution in [3.8, 4) is 0 Å². The molecule has 2 bridgehead atoms. The van der Waals surface area contributed by atoms with Crippen molar-refractivity contribution in [2.45, 2.75) is 48.8 Å². The zero-order chi connectivity index (χ0) is 28.0. The summed E-state index contributed by atoms with van der Waals surface area (Å²) in [5.74, 6) is -1.94. The van der Waals surface area contributed by atoms with Gasteiger partial charge in [-0.2, -0.15) is 0 Å². The van der Waals surface area contributed by atoms with Crippen LogP contribution in [-0.4, -0.2) is 50.4 Å². The molecule has 3 aromatic carbocycles. The number of aliphatic hydroxyl groups excluding tert-OH is 1.